The maximum absolute atomic E-state index is 12.6. The minimum Gasteiger partial charge on any atom is -0.395 e. The molecular weight excluding hydrogens is 278 g/mol. The second-order valence-corrected chi connectivity index (χ2v) is 6.90. The van der Waals surface area contributed by atoms with E-state index in [0.29, 0.717) is 5.56 Å². The van der Waals surface area contributed by atoms with E-state index in [0.717, 1.165) is 19.3 Å². The van der Waals surface area contributed by atoms with E-state index in [4.69, 9.17) is 5.11 Å². The molecule has 2 rings (SSSR count). The van der Waals surface area contributed by atoms with E-state index in [9.17, 15) is 13.2 Å². The van der Waals surface area contributed by atoms with Crippen molar-refractivity contribution in [1.82, 2.24) is 4.31 Å². The van der Waals surface area contributed by atoms with E-state index in [-0.39, 0.29) is 29.9 Å². The smallest absolute Gasteiger partial charge is 0.243 e. The molecule has 1 N–H and O–H groups in total. The number of carbonyl (C=O) groups is 1. The molecule has 1 saturated carbocycles. The summed E-state index contributed by atoms with van der Waals surface area (Å²) in [5.74, 6) is -0.0971. The van der Waals surface area contributed by atoms with Crippen molar-refractivity contribution in [2.24, 2.45) is 0 Å². The molecule has 0 aromatic heterocycles. The summed E-state index contributed by atoms with van der Waals surface area (Å²) in [5.41, 5.74) is 0.487. The van der Waals surface area contributed by atoms with Gasteiger partial charge in [-0.25, -0.2) is 8.42 Å². The van der Waals surface area contributed by atoms with Gasteiger partial charge in [-0.15, -0.1) is 0 Å². The highest BCUT2D eigenvalue weighted by atomic mass is 32.2. The van der Waals surface area contributed by atoms with Gasteiger partial charge in [-0.3, -0.25) is 4.79 Å². The molecule has 5 nitrogen and oxygen atoms in total. The van der Waals surface area contributed by atoms with Gasteiger partial charge in [0.2, 0.25) is 10.0 Å². The molecular formula is C14H19NO4S. The lowest BCUT2D eigenvalue weighted by Gasteiger charge is -2.36. The van der Waals surface area contributed by atoms with Gasteiger partial charge < -0.3 is 5.11 Å². The third-order valence-electron chi connectivity index (χ3n) is 3.67. The average Bonchev–Trinajstić information content (AvgIpc) is 2.36. The number of ketones is 1. The van der Waals surface area contributed by atoms with Crippen molar-refractivity contribution in [3.05, 3.63) is 29.8 Å². The SMILES string of the molecule is CC(=O)c1ccc(S(=O)(=O)N(CCO)C2CCC2)cc1. The van der Waals surface area contributed by atoms with E-state index in [2.05, 4.69) is 0 Å². The summed E-state index contributed by atoms with van der Waals surface area (Å²) in [5, 5.41) is 9.08. The first-order valence-corrected chi connectivity index (χ1v) is 8.14. The van der Waals surface area contributed by atoms with Crippen LogP contribution in [-0.2, 0) is 10.0 Å². The normalized spacial score (nSPS) is 16.1. The highest BCUT2D eigenvalue weighted by molar-refractivity contribution is 7.89. The zero-order chi connectivity index (χ0) is 14.8. The van der Waals surface area contributed by atoms with Crippen LogP contribution in [0.25, 0.3) is 0 Å². The van der Waals surface area contributed by atoms with Crippen molar-refractivity contribution in [2.45, 2.75) is 37.1 Å². The molecule has 0 heterocycles. The van der Waals surface area contributed by atoms with E-state index >= 15 is 0 Å². The van der Waals surface area contributed by atoms with E-state index in [1.54, 1.807) is 0 Å². The number of aliphatic hydroxyl groups is 1. The van der Waals surface area contributed by atoms with Gasteiger partial charge in [-0.1, -0.05) is 18.6 Å². The maximum Gasteiger partial charge on any atom is 0.243 e. The van der Waals surface area contributed by atoms with Crippen molar-refractivity contribution in [1.29, 1.82) is 0 Å². The lowest BCUT2D eigenvalue weighted by atomic mass is 9.93. The zero-order valence-corrected chi connectivity index (χ0v) is 12.3. The summed E-state index contributed by atoms with van der Waals surface area (Å²) in [6.07, 6.45) is 2.70. The summed E-state index contributed by atoms with van der Waals surface area (Å²) >= 11 is 0. The molecule has 1 aliphatic rings. The summed E-state index contributed by atoms with van der Waals surface area (Å²) in [4.78, 5) is 11.4. The lowest BCUT2D eigenvalue weighted by Crippen LogP contribution is -2.45. The van der Waals surface area contributed by atoms with Crippen LogP contribution in [0.3, 0.4) is 0 Å². The summed E-state index contributed by atoms with van der Waals surface area (Å²) < 4.78 is 26.5. The molecule has 0 unspecified atom stereocenters. The minimum atomic E-state index is -3.60. The highest BCUT2D eigenvalue weighted by Crippen LogP contribution is 2.29. The van der Waals surface area contributed by atoms with Crippen molar-refractivity contribution >= 4 is 15.8 Å². The van der Waals surface area contributed by atoms with Gasteiger partial charge in [0.1, 0.15) is 0 Å². The number of hydrogen-bond acceptors (Lipinski definition) is 4. The largest absolute Gasteiger partial charge is 0.395 e. The maximum atomic E-state index is 12.6. The van der Waals surface area contributed by atoms with Crippen LogP contribution in [-0.4, -0.2) is 42.8 Å². The Bertz CT molecular complexity index is 576. The van der Waals surface area contributed by atoms with E-state index in [1.807, 2.05) is 0 Å². The number of rotatable bonds is 6. The van der Waals surface area contributed by atoms with Gasteiger partial charge in [0, 0.05) is 18.2 Å². The quantitative estimate of drug-likeness (QED) is 0.806. The van der Waals surface area contributed by atoms with Crippen LogP contribution in [0.15, 0.2) is 29.2 Å². The third-order valence-corrected chi connectivity index (χ3v) is 5.64. The summed E-state index contributed by atoms with van der Waals surface area (Å²) in [7, 11) is -3.60. The molecule has 0 aliphatic heterocycles. The van der Waals surface area contributed by atoms with Crippen LogP contribution in [0.5, 0.6) is 0 Å². The number of hydrogen-bond donors (Lipinski definition) is 1. The summed E-state index contributed by atoms with van der Waals surface area (Å²) in [6, 6.07) is 5.93. The number of benzene rings is 1. The van der Waals surface area contributed by atoms with Gasteiger partial charge in [0.25, 0.3) is 0 Å². The summed E-state index contributed by atoms with van der Waals surface area (Å²) in [6.45, 7) is 1.36. The fourth-order valence-corrected chi connectivity index (χ4v) is 3.95. The highest BCUT2D eigenvalue weighted by Gasteiger charge is 2.34. The molecule has 0 radical (unpaired) electrons. The molecule has 1 aliphatic carbocycles. The molecule has 20 heavy (non-hydrogen) atoms. The Morgan fingerprint density at radius 1 is 1.30 bits per heavy atom. The van der Waals surface area contributed by atoms with Gasteiger partial charge in [-0.2, -0.15) is 4.31 Å². The van der Waals surface area contributed by atoms with Crippen LogP contribution < -0.4 is 0 Å². The Morgan fingerprint density at radius 2 is 1.90 bits per heavy atom. The number of sulfonamides is 1. The standard InChI is InChI=1S/C14H19NO4S/c1-11(17)12-5-7-14(8-6-12)20(18,19)15(9-10-16)13-3-2-4-13/h5-8,13,16H,2-4,9-10H2,1H3. The fourth-order valence-electron chi connectivity index (χ4n) is 2.27. The van der Waals surface area contributed by atoms with Crippen molar-refractivity contribution in [3.63, 3.8) is 0 Å². The number of carbonyl (C=O) groups excluding carboxylic acids is 1. The number of aliphatic hydroxyl groups excluding tert-OH is 1. The molecule has 0 spiro atoms. The third kappa shape index (κ3) is 2.92. The predicted octanol–water partition coefficient (Wildman–Crippen LogP) is 1.42. The number of Topliss-reactive ketones (excluding diaryl/α,β-unsaturated/α-hetero) is 1. The van der Waals surface area contributed by atoms with Crippen LogP contribution in [0.1, 0.15) is 36.5 Å². The first-order valence-electron chi connectivity index (χ1n) is 6.70. The van der Waals surface area contributed by atoms with Gasteiger partial charge >= 0.3 is 0 Å². The van der Waals surface area contributed by atoms with E-state index < -0.39 is 10.0 Å². The van der Waals surface area contributed by atoms with Gasteiger partial charge in [-0.05, 0) is 31.9 Å². The minimum absolute atomic E-state index is 0.0142. The molecule has 110 valence electrons. The molecule has 1 aromatic carbocycles. The van der Waals surface area contributed by atoms with Crippen molar-refractivity contribution < 1.29 is 18.3 Å². The van der Waals surface area contributed by atoms with Crippen LogP contribution in [0.2, 0.25) is 0 Å². The second-order valence-electron chi connectivity index (χ2n) is 5.00. The Hall–Kier alpha value is -1.24. The molecule has 0 bridgehead atoms. The van der Waals surface area contributed by atoms with Crippen LogP contribution in [0.4, 0.5) is 0 Å². The van der Waals surface area contributed by atoms with Gasteiger partial charge in [0.05, 0.1) is 11.5 Å². The van der Waals surface area contributed by atoms with Gasteiger partial charge in [0.15, 0.2) is 5.78 Å². The van der Waals surface area contributed by atoms with Crippen LogP contribution in [0, 0.1) is 0 Å². The first-order chi connectivity index (χ1) is 9.46. The Kier molecular flexibility index (Phi) is 4.57. The lowest BCUT2D eigenvalue weighted by molar-refractivity contribution is 0.101. The number of nitrogens with zero attached hydrogens (tertiary/aromatic N) is 1. The fraction of sp³-hybridized carbons (Fsp3) is 0.500. The Balaban J connectivity index is 2.29. The molecule has 1 fully saturated rings. The van der Waals surface area contributed by atoms with Crippen molar-refractivity contribution in [3.8, 4) is 0 Å². The average molecular weight is 297 g/mol. The second kappa shape index (κ2) is 6.03. The Morgan fingerprint density at radius 3 is 2.30 bits per heavy atom. The predicted molar refractivity (Wildman–Crippen MR) is 75.1 cm³/mol. The first kappa shape index (κ1) is 15.2. The van der Waals surface area contributed by atoms with Crippen molar-refractivity contribution in [2.75, 3.05) is 13.2 Å². The molecule has 0 saturated heterocycles. The van der Waals surface area contributed by atoms with Crippen LogP contribution >= 0.6 is 0 Å². The molecule has 0 atom stereocenters. The molecule has 1 aromatic rings. The van der Waals surface area contributed by atoms with E-state index in [1.165, 1.54) is 35.5 Å². The zero-order valence-electron chi connectivity index (χ0n) is 11.4. The monoisotopic (exact) mass is 297 g/mol. The molecule has 6 heteroatoms. The Labute approximate surface area is 119 Å². The molecule has 0 amide bonds. The topological polar surface area (TPSA) is 74.7 Å².